The van der Waals surface area contributed by atoms with Gasteiger partial charge in [0.2, 0.25) is 0 Å². The predicted molar refractivity (Wildman–Crippen MR) is 83.0 cm³/mol. The largest absolute Gasteiger partial charge is 0.331 e. The smallest absolute Gasteiger partial charge is 0.264 e. The Morgan fingerprint density at radius 1 is 1.29 bits per heavy atom. The molecule has 0 atom stereocenters. The third-order valence-corrected chi connectivity index (χ3v) is 4.81. The number of hydrogen-bond donors (Lipinski definition) is 0. The summed E-state index contributed by atoms with van der Waals surface area (Å²) in [6.07, 6.45) is 2.89. The number of amides is 1. The summed E-state index contributed by atoms with van der Waals surface area (Å²) in [6.45, 7) is 2.41. The maximum absolute atomic E-state index is 13.8. The molecule has 2 aromatic rings. The van der Waals surface area contributed by atoms with Gasteiger partial charge in [0.05, 0.1) is 4.88 Å². The van der Waals surface area contributed by atoms with E-state index in [-0.39, 0.29) is 17.8 Å². The van der Waals surface area contributed by atoms with Gasteiger partial charge in [-0.1, -0.05) is 25.1 Å². The van der Waals surface area contributed by atoms with Crippen molar-refractivity contribution < 1.29 is 9.18 Å². The fourth-order valence-corrected chi connectivity index (χ4v) is 3.45. The maximum atomic E-state index is 13.8. The molecule has 0 saturated heterocycles. The second-order valence-corrected chi connectivity index (χ2v) is 6.30. The lowest BCUT2D eigenvalue weighted by atomic mass is 10.1. The van der Waals surface area contributed by atoms with Crippen molar-refractivity contribution in [3.05, 3.63) is 57.5 Å². The number of rotatable bonds is 5. The molecule has 0 radical (unpaired) electrons. The zero-order chi connectivity index (χ0) is 14.8. The summed E-state index contributed by atoms with van der Waals surface area (Å²) in [6, 6.07) is 8.98. The van der Waals surface area contributed by atoms with E-state index in [1.54, 1.807) is 12.1 Å². The highest BCUT2D eigenvalue weighted by Crippen LogP contribution is 2.32. The summed E-state index contributed by atoms with van der Waals surface area (Å²) in [7, 11) is 0. The van der Waals surface area contributed by atoms with Gasteiger partial charge in [0.1, 0.15) is 5.82 Å². The lowest BCUT2D eigenvalue weighted by molar-refractivity contribution is 0.0732. The summed E-state index contributed by atoms with van der Waals surface area (Å²) in [5.74, 6) is -0.189. The Hall–Kier alpha value is -1.68. The van der Waals surface area contributed by atoms with Gasteiger partial charge in [-0.15, -0.1) is 11.3 Å². The SMILES string of the molecule is CCc1ccsc1C(=O)N(Cc1ccccc1F)C1CC1. The molecule has 0 aliphatic heterocycles. The van der Waals surface area contributed by atoms with Crippen LogP contribution in [0.3, 0.4) is 0 Å². The van der Waals surface area contributed by atoms with E-state index in [1.165, 1.54) is 17.4 Å². The number of aryl methyl sites for hydroxylation is 1. The quantitative estimate of drug-likeness (QED) is 0.808. The van der Waals surface area contributed by atoms with Gasteiger partial charge in [-0.3, -0.25) is 4.79 Å². The lowest BCUT2D eigenvalue weighted by Crippen LogP contribution is -2.32. The molecule has 1 aliphatic carbocycles. The molecule has 1 amide bonds. The third-order valence-electron chi connectivity index (χ3n) is 3.87. The van der Waals surface area contributed by atoms with E-state index in [1.807, 2.05) is 22.4 Å². The van der Waals surface area contributed by atoms with Crippen LogP contribution in [0.25, 0.3) is 0 Å². The zero-order valence-corrected chi connectivity index (χ0v) is 12.8. The number of carbonyl (C=O) groups is 1. The molecule has 0 unspecified atom stereocenters. The van der Waals surface area contributed by atoms with Gasteiger partial charge < -0.3 is 4.90 Å². The van der Waals surface area contributed by atoms with E-state index in [2.05, 4.69) is 6.92 Å². The Morgan fingerprint density at radius 3 is 2.71 bits per heavy atom. The average molecular weight is 303 g/mol. The fourth-order valence-electron chi connectivity index (χ4n) is 2.50. The van der Waals surface area contributed by atoms with Crippen molar-refractivity contribution in [2.24, 2.45) is 0 Å². The Balaban J connectivity index is 1.85. The Bertz CT molecular complexity index is 648. The molecule has 1 aromatic carbocycles. The summed E-state index contributed by atoms with van der Waals surface area (Å²) in [4.78, 5) is 15.4. The number of hydrogen-bond acceptors (Lipinski definition) is 2. The topological polar surface area (TPSA) is 20.3 Å². The van der Waals surface area contributed by atoms with Crippen LogP contribution in [-0.2, 0) is 13.0 Å². The first-order valence-corrected chi connectivity index (χ1v) is 8.19. The van der Waals surface area contributed by atoms with E-state index in [0.29, 0.717) is 12.1 Å². The van der Waals surface area contributed by atoms with Crippen LogP contribution in [0.2, 0.25) is 0 Å². The number of thiophene rings is 1. The van der Waals surface area contributed by atoms with E-state index in [4.69, 9.17) is 0 Å². The van der Waals surface area contributed by atoms with Crippen molar-refractivity contribution in [2.45, 2.75) is 38.8 Å². The van der Waals surface area contributed by atoms with Gasteiger partial charge in [0.25, 0.3) is 5.91 Å². The first-order valence-electron chi connectivity index (χ1n) is 7.31. The van der Waals surface area contributed by atoms with Gasteiger partial charge in [-0.05, 0) is 42.3 Å². The second kappa shape index (κ2) is 5.98. The van der Waals surface area contributed by atoms with Gasteiger partial charge in [-0.25, -0.2) is 4.39 Å². The van der Waals surface area contributed by atoms with E-state index >= 15 is 0 Å². The molecule has 21 heavy (non-hydrogen) atoms. The molecular formula is C17H18FNOS. The number of nitrogens with zero attached hydrogens (tertiary/aromatic N) is 1. The second-order valence-electron chi connectivity index (χ2n) is 5.38. The Labute approximate surface area is 128 Å². The van der Waals surface area contributed by atoms with Crippen LogP contribution in [0.5, 0.6) is 0 Å². The minimum atomic E-state index is -0.238. The number of carbonyl (C=O) groups excluding carboxylic acids is 1. The van der Waals surface area contributed by atoms with Gasteiger partial charge in [0.15, 0.2) is 0 Å². The molecule has 1 heterocycles. The van der Waals surface area contributed by atoms with Crippen molar-refractivity contribution in [1.82, 2.24) is 4.90 Å². The normalized spacial score (nSPS) is 14.2. The summed E-state index contributed by atoms with van der Waals surface area (Å²) in [5, 5.41) is 1.96. The highest BCUT2D eigenvalue weighted by atomic mass is 32.1. The molecule has 110 valence electrons. The molecule has 2 nitrogen and oxygen atoms in total. The Kier molecular flexibility index (Phi) is 4.06. The van der Waals surface area contributed by atoms with Crippen LogP contribution in [0, 0.1) is 5.82 Å². The van der Waals surface area contributed by atoms with Crippen molar-refractivity contribution in [1.29, 1.82) is 0 Å². The van der Waals surface area contributed by atoms with Gasteiger partial charge >= 0.3 is 0 Å². The van der Waals surface area contributed by atoms with E-state index < -0.39 is 0 Å². The highest BCUT2D eigenvalue weighted by molar-refractivity contribution is 7.12. The zero-order valence-electron chi connectivity index (χ0n) is 12.0. The monoisotopic (exact) mass is 303 g/mol. The third kappa shape index (κ3) is 3.00. The van der Waals surface area contributed by atoms with Crippen molar-refractivity contribution in [3.8, 4) is 0 Å². The summed E-state index contributed by atoms with van der Waals surface area (Å²) >= 11 is 1.49. The molecule has 1 aliphatic rings. The van der Waals surface area contributed by atoms with Crippen molar-refractivity contribution >= 4 is 17.2 Å². The van der Waals surface area contributed by atoms with E-state index in [0.717, 1.165) is 29.7 Å². The summed E-state index contributed by atoms with van der Waals surface area (Å²) in [5.41, 5.74) is 1.68. The number of halogens is 1. The molecule has 0 bridgehead atoms. The van der Waals surface area contributed by atoms with Gasteiger partial charge in [0, 0.05) is 18.2 Å². The van der Waals surface area contributed by atoms with Crippen LogP contribution < -0.4 is 0 Å². The van der Waals surface area contributed by atoms with Crippen molar-refractivity contribution in [2.75, 3.05) is 0 Å². The molecule has 0 N–H and O–H groups in total. The molecule has 3 rings (SSSR count). The van der Waals surface area contributed by atoms with E-state index in [9.17, 15) is 9.18 Å². The standard InChI is InChI=1S/C17H18FNOS/c1-2-12-9-10-21-16(12)17(20)19(14-7-8-14)11-13-5-3-4-6-15(13)18/h3-6,9-10,14H,2,7-8,11H2,1H3. The van der Waals surface area contributed by atoms with Gasteiger partial charge in [-0.2, -0.15) is 0 Å². The maximum Gasteiger partial charge on any atom is 0.264 e. The highest BCUT2D eigenvalue weighted by Gasteiger charge is 2.34. The fraction of sp³-hybridized carbons (Fsp3) is 0.353. The predicted octanol–water partition coefficient (Wildman–Crippen LogP) is 4.25. The molecule has 1 fully saturated rings. The average Bonchev–Trinajstić information content (AvgIpc) is 3.22. The minimum absolute atomic E-state index is 0.0487. The molecule has 1 saturated carbocycles. The first kappa shape index (κ1) is 14.3. The molecule has 4 heteroatoms. The van der Waals surface area contributed by atoms with Crippen LogP contribution >= 0.6 is 11.3 Å². The Morgan fingerprint density at radius 2 is 2.05 bits per heavy atom. The number of benzene rings is 1. The summed E-state index contributed by atoms with van der Waals surface area (Å²) < 4.78 is 13.8. The van der Waals surface area contributed by atoms with Crippen LogP contribution in [0.1, 0.15) is 40.6 Å². The van der Waals surface area contributed by atoms with Crippen LogP contribution in [0.4, 0.5) is 4.39 Å². The van der Waals surface area contributed by atoms with Crippen LogP contribution in [-0.4, -0.2) is 16.8 Å². The molecule has 0 spiro atoms. The minimum Gasteiger partial charge on any atom is -0.331 e. The lowest BCUT2D eigenvalue weighted by Gasteiger charge is -2.22. The van der Waals surface area contributed by atoms with Crippen LogP contribution in [0.15, 0.2) is 35.7 Å². The first-order chi connectivity index (χ1) is 10.2. The van der Waals surface area contributed by atoms with Crippen molar-refractivity contribution in [3.63, 3.8) is 0 Å². The molecule has 1 aromatic heterocycles. The molecular weight excluding hydrogens is 285 g/mol.